The molecule has 0 amide bonds. The molecule has 0 radical (unpaired) electrons. The number of rotatable bonds is 5. The molecule has 5 heteroatoms. The first-order chi connectivity index (χ1) is 8.99. The van der Waals surface area contributed by atoms with Crippen LogP contribution < -0.4 is 5.73 Å². The minimum atomic E-state index is 0.0111. The summed E-state index contributed by atoms with van der Waals surface area (Å²) in [6.45, 7) is 11.4. The molecular formula is C14H28N4O. The van der Waals surface area contributed by atoms with E-state index in [0.717, 1.165) is 17.9 Å². The molecule has 110 valence electrons. The number of hydrogen-bond donors (Lipinski definition) is 1. The van der Waals surface area contributed by atoms with Crippen molar-refractivity contribution in [2.24, 2.45) is 10.7 Å². The minimum Gasteiger partial charge on any atom is -0.384 e. The first kappa shape index (κ1) is 17.8. The van der Waals surface area contributed by atoms with E-state index < -0.39 is 0 Å². The highest BCUT2D eigenvalue weighted by Gasteiger charge is 2.19. The molecule has 0 saturated carbocycles. The number of methoxy groups -OCH3 is 1. The molecule has 0 atom stereocenters. The van der Waals surface area contributed by atoms with Gasteiger partial charge in [0.2, 0.25) is 0 Å². The molecule has 0 spiro atoms. The lowest BCUT2D eigenvalue weighted by Gasteiger charge is -2.13. The highest BCUT2D eigenvalue weighted by atomic mass is 16.5. The van der Waals surface area contributed by atoms with Crippen LogP contribution in [0.4, 0.5) is 5.82 Å². The van der Waals surface area contributed by atoms with Gasteiger partial charge in [0.05, 0.1) is 19.0 Å². The molecule has 0 aromatic carbocycles. The molecule has 0 unspecified atom stereocenters. The van der Waals surface area contributed by atoms with Gasteiger partial charge in [-0.3, -0.25) is 0 Å². The average Bonchev–Trinajstić information content (AvgIpc) is 2.80. The fraction of sp³-hybridized carbons (Fsp3) is 0.714. The van der Waals surface area contributed by atoms with Crippen molar-refractivity contribution in [3.8, 4) is 0 Å². The largest absolute Gasteiger partial charge is 0.384 e. The van der Waals surface area contributed by atoms with E-state index in [9.17, 15) is 0 Å². The molecule has 0 aliphatic carbocycles. The van der Waals surface area contributed by atoms with Gasteiger partial charge in [-0.05, 0) is 0 Å². The van der Waals surface area contributed by atoms with Crippen LogP contribution in [-0.2, 0) is 16.8 Å². The van der Waals surface area contributed by atoms with Gasteiger partial charge in [-0.25, -0.2) is 9.67 Å². The maximum atomic E-state index is 5.64. The van der Waals surface area contributed by atoms with Crippen molar-refractivity contribution in [2.75, 3.05) is 13.7 Å². The highest BCUT2D eigenvalue weighted by molar-refractivity contribution is 5.62. The summed E-state index contributed by atoms with van der Waals surface area (Å²) < 4.78 is 6.67. The summed E-state index contributed by atoms with van der Waals surface area (Å²) in [6, 6.07) is 1.98. The maximum Gasteiger partial charge on any atom is 0.151 e. The van der Waals surface area contributed by atoms with Crippen LogP contribution in [0.2, 0.25) is 0 Å². The smallest absolute Gasteiger partial charge is 0.151 e. The average molecular weight is 268 g/mol. The van der Waals surface area contributed by atoms with Crippen LogP contribution in [0.15, 0.2) is 11.1 Å². The van der Waals surface area contributed by atoms with E-state index in [2.05, 4.69) is 30.9 Å². The number of aliphatic imine (C=N–C) groups is 1. The van der Waals surface area contributed by atoms with Gasteiger partial charge in [0, 0.05) is 31.2 Å². The zero-order chi connectivity index (χ0) is 14.9. The van der Waals surface area contributed by atoms with Crippen LogP contribution in [-0.4, -0.2) is 29.7 Å². The van der Waals surface area contributed by atoms with Crippen molar-refractivity contribution in [3.05, 3.63) is 11.8 Å². The van der Waals surface area contributed by atoms with E-state index in [1.54, 1.807) is 11.8 Å². The van der Waals surface area contributed by atoms with Crippen LogP contribution in [0.3, 0.4) is 0 Å². The second kappa shape index (κ2) is 8.82. The third kappa shape index (κ3) is 5.98. The number of ether oxygens (including phenoxy) is 1. The molecule has 1 heterocycles. The van der Waals surface area contributed by atoms with Crippen LogP contribution in [0, 0.1) is 0 Å². The zero-order valence-corrected chi connectivity index (χ0v) is 13.1. The van der Waals surface area contributed by atoms with E-state index in [1.807, 2.05) is 26.1 Å². The molecule has 0 aliphatic heterocycles. The van der Waals surface area contributed by atoms with Crippen molar-refractivity contribution in [2.45, 2.75) is 53.1 Å². The Bertz CT molecular complexity index is 377. The molecule has 0 saturated heterocycles. The van der Waals surface area contributed by atoms with Crippen molar-refractivity contribution >= 4 is 12.0 Å². The third-order valence-electron chi connectivity index (χ3n) is 2.37. The fourth-order valence-corrected chi connectivity index (χ4v) is 1.34. The van der Waals surface area contributed by atoms with Crippen LogP contribution in [0.5, 0.6) is 0 Å². The summed E-state index contributed by atoms with van der Waals surface area (Å²) in [5, 5.41) is 4.45. The SMILES string of the molecule is CC.COCC/C=N\c1cc(C(C)(C)C)nn1CN. The van der Waals surface area contributed by atoms with E-state index in [4.69, 9.17) is 10.5 Å². The third-order valence-corrected chi connectivity index (χ3v) is 2.37. The molecule has 19 heavy (non-hydrogen) atoms. The molecule has 2 N–H and O–H groups in total. The predicted octanol–water partition coefficient (Wildman–Crippen LogP) is 2.86. The van der Waals surface area contributed by atoms with E-state index >= 15 is 0 Å². The minimum absolute atomic E-state index is 0.0111. The second-order valence-corrected chi connectivity index (χ2v) is 4.91. The molecule has 5 nitrogen and oxygen atoms in total. The summed E-state index contributed by atoms with van der Waals surface area (Å²) in [7, 11) is 1.68. The predicted molar refractivity (Wildman–Crippen MR) is 81.1 cm³/mol. The lowest BCUT2D eigenvalue weighted by molar-refractivity contribution is 0.208. The van der Waals surface area contributed by atoms with Gasteiger partial charge >= 0.3 is 0 Å². The summed E-state index contributed by atoms with van der Waals surface area (Å²) in [5.41, 5.74) is 6.65. The highest BCUT2D eigenvalue weighted by Crippen LogP contribution is 2.24. The van der Waals surface area contributed by atoms with E-state index in [1.165, 1.54) is 0 Å². The lowest BCUT2D eigenvalue weighted by Crippen LogP contribution is -2.14. The van der Waals surface area contributed by atoms with Crippen molar-refractivity contribution < 1.29 is 4.74 Å². The van der Waals surface area contributed by atoms with E-state index in [0.29, 0.717) is 13.3 Å². The number of aromatic nitrogens is 2. The quantitative estimate of drug-likeness (QED) is 0.659. The lowest BCUT2D eigenvalue weighted by atomic mass is 9.92. The maximum absolute atomic E-state index is 5.64. The molecule has 1 aromatic rings. The first-order valence-corrected chi connectivity index (χ1v) is 6.79. The van der Waals surface area contributed by atoms with Crippen LogP contribution in [0.1, 0.15) is 46.7 Å². The standard InChI is InChI=1S/C12H22N4O.C2H6/c1-12(2,3)10-8-11(16(9-13)15-10)14-6-5-7-17-4;1-2/h6,8H,5,7,9,13H2,1-4H3;1-2H3/b14-6-;. The monoisotopic (exact) mass is 268 g/mol. The molecule has 1 rings (SSSR count). The van der Waals surface area contributed by atoms with Gasteiger partial charge < -0.3 is 10.5 Å². The Labute approximate surface area is 116 Å². The molecule has 0 bridgehead atoms. The molecule has 1 aromatic heterocycles. The summed E-state index contributed by atoms with van der Waals surface area (Å²) in [6.07, 6.45) is 2.62. The Balaban J connectivity index is 0.00000154. The van der Waals surface area contributed by atoms with Gasteiger partial charge in [0.1, 0.15) is 0 Å². The molecular weight excluding hydrogens is 240 g/mol. The van der Waals surface area contributed by atoms with Crippen molar-refractivity contribution in [1.29, 1.82) is 0 Å². The van der Waals surface area contributed by atoms with Crippen LogP contribution in [0.25, 0.3) is 0 Å². The topological polar surface area (TPSA) is 65.4 Å². The van der Waals surface area contributed by atoms with E-state index in [-0.39, 0.29) is 5.41 Å². The molecule has 0 aliphatic rings. The fourth-order valence-electron chi connectivity index (χ4n) is 1.34. The Morgan fingerprint density at radius 2 is 2.05 bits per heavy atom. The van der Waals surface area contributed by atoms with Crippen molar-refractivity contribution in [3.63, 3.8) is 0 Å². The summed E-state index contributed by atoms with van der Waals surface area (Å²) in [4.78, 5) is 4.36. The Hall–Kier alpha value is -1.20. The van der Waals surface area contributed by atoms with Gasteiger partial charge in [0.15, 0.2) is 5.82 Å². The zero-order valence-electron chi connectivity index (χ0n) is 13.1. The summed E-state index contributed by atoms with van der Waals surface area (Å²) >= 11 is 0. The normalized spacial score (nSPS) is 11.5. The first-order valence-electron chi connectivity index (χ1n) is 6.79. The Morgan fingerprint density at radius 1 is 1.42 bits per heavy atom. The number of nitrogens with zero attached hydrogens (tertiary/aromatic N) is 3. The number of nitrogens with two attached hydrogens (primary N) is 1. The van der Waals surface area contributed by atoms with Crippen molar-refractivity contribution in [1.82, 2.24) is 9.78 Å². The molecule has 0 fully saturated rings. The number of hydrogen-bond acceptors (Lipinski definition) is 4. The van der Waals surface area contributed by atoms with Gasteiger partial charge in [-0.2, -0.15) is 5.10 Å². The van der Waals surface area contributed by atoms with Crippen LogP contribution >= 0.6 is 0 Å². The van der Waals surface area contributed by atoms with Gasteiger partial charge in [-0.1, -0.05) is 34.6 Å². The Morgan fingerprint density at radius 3 is 2.53 bits per heavy atom. The van der Waals surface area contributed by atoms with Gasteiger partial charge in [-0.15, -0.1) is 0 Å². The Kier molecular flexibility index (Phi) is 8.27. The summed E-state index contributed by atoms with van der Waals surface area (Å²) in [5.74, 6) is 0.800. The second-order valence-electron chi connectivity index (χ2n) is 4.91. The van der Waals surface area contributed by atoms with Gasteiger partial charge in [0.25, 0.3) is 0 Å².